The van der Waals surface area contributed by atoms with Crippen molar-refractivity contribution in [2.75, 3.05) is 13.7 Å². The van der Waals surface area contributed by atoms with Crippen LogP contribution in [0, 0.1) is 13.8 Å². The molecule has 5 nitrogen and oxygen atoms in total. The van der Waals surface area contributed by atoms with Gasteiger partial charge in [-0.1, -0.05) is 12.1 Å². The molecule has 5 heteroatoms. The van der Waals surface area contributed by atoms with Gasteiger partial charge in [-0.15, -0.1) is 0 Å². The Morgan fingerprint density at radius 2 is 2.10 bits per heavy atom. The first kappa shape index (κ1) is 15.4. The third-order valence-electron chi connectivity index (χ3n) is 3.39. The van der Waals surface area contributed by atoms with Crippen molar-refractivity contribution < 1.29 is 14.0 Å². The van der Waals surface area contributed by atoms with Crippen LogP contribution in [-0.4, -0.2) is 18.8 Å². The van der Waals surface area contributed by atoms with Crippen LogP contribution in [-0.2, 0) is 13.2 Å². The number of aryl methyl sites for hydroxylation is 2. The molecule has 0 aliphatic heterocycles. The lowest BCUT2D eigenvalue weighted by Crippen LogP contribution is -2.13. The molecule has 21 heavy (non-hydrogen) atoms. The fraction of sp³-hybridized carbons (Fsp3) is 0.438. The molecule has 2 aromatic rings. The Bertz CT molecular complexity index is 574. The van der Waals surface area contributed by atoms with Gasteiger partial charge in [-0.3, -0.25) is 0 Å². The zero-order chi connectivity index (χ0) is 15.2. The molecule has 0 saturated carbocycles. The molecule has 114 valence electrons. The molecule has 0 bridgehead atoms. The van der Waals surface area contributed by atoms with E-state index in [1.165, 1.54) is 0 Å². The third-order valence-corrected chi connectivity index (χ3v) is 3.39. The second-order valence-electron chi connectivity index (χ2n) is 4.85. The summed E-state index contributed by atoms with van der Waals surface area (Å²) in [4.78, 5) is 0. The molecular weight excluding hydrogens is 268 g/mol. The highest BCUT2D eigenvalue weighted by atomic mass is 16.5. The van der Waals surface area contributed by atoms with Gasteiger partial charge in [0.25, 0.3) is 0 Å². The van der Waals surface area contributed by atoms with Gasteiger partial charge in [-0.25, -0.2) is 0 Å². The number of ether oxygens (including phenoxy) is 2. The Kier molecular flexibility index (Phi) is 5.22. The van der Waals surface area contributed by atoms with Gasteiger partial charge in [-0.2, -0.15) is 0 Å². The van der Waals surface area contributed by atoms with Crippen molar-refractivity contribution in [3.8, 4) is 11.5 Å². The minimum Gasteiger partial charge on any atom is -0.497 e. The van der Waals surface area contributed by atoms with Crippen molar-refractivity contribution >= 4 is 0 Å². The molecule has 1 aromatic heterocycles. The summed E-state index contributed by atoms with van der Waals surface area (Å²) in [5.74, 6) is 2.47. The first-order valence-electron chi connectivity index (χ1n) is 7.07. The average Bonchev–Trinajstić information content (AvgIpc) is 2.82. The van der Waals surface area contributed by atoms with E-state index < -0.39 is 0 Å². The molecule has 0 aliphatic rings. The van der Waals surface area contributed by atoms with Crippen molar-refractivity contribution in [2.24, 2.45) is 0 Å². The Morgan fingerprint density at radius 3 is 2.71 bits per heavy atom. The molecule has 0 amide bonds. The summed E-state index contributed by atoms with van der Waals surface area (Å²) in [7, 11) is 1.66. The average molecular weight is 290 g/mol. The SMILES string of the molecule is CCNCc1cc(OC)ccc1OCc1c(C)noc1C. The van der Waals surface area contributed by atoms with Gasteiger partial charge in [0, 0.05) is 12.1 Å². The van der Waals surface area contributed by atoms with Crippen molar-refractivity contribution in [2.45, 2.75) is 33.9 Å². The van der Waals surface area contributed by atoms with Gasteiger partial charge in [0.15, 0.2) is 0 Å². The summed E-state index contributed by atoms with van der Waals surface area (Å²) in [6.45, 7) is 7.98. The van der Waals surface area contributed by atoms with Crippen molar-refractivity contribution in [3.63, 3.8) is 0 Å². The van der Waals surface area contributed by atoms with Crippen LogP contribution < -0.4 is 14.8 Å². The Morgan fingerprint density at radius 1 is 1.29 bits per heavy atom. The molecule has 0 radical (unpaired) electrons. The minimum absolute atomic E-state index is 0.451. The van der Waals surface area contributed by atoms with E-state index in [0.717, 1.165) is 47.2 Å². The van der Waals surface area contributed by atoms with E-state index in [1.54, 1.807) is 7.11 Å². The van der Waals surface area contributed by atoms with Gasteiger partial charge in [-0.05, 0) is 38.6 Å². The van der Waals surface area contributed by atoms with E-state index in [2.05, 4.69) is 17.4 Å². The first-order chi connectivity index (χ1) is 10.2. The van der Waals surface area contributed by atoms with Crippen LogP contribution in [0.25, 0.3) is 0 Å². The topological polar surface area (TPSA) is 56.5 Å². The zero-order valence-corrected chi connectivity index (χ0v) is 13.0. The summed E-state index contributed by atoms with van der Waals surface area (Å²) in [5, 5.41) is 7.25. The molecule has 0 saturated heterocycles. The number of methoxy groups -OCH3 is 1. The van der Waals surface area contributed by atoms with E-state index >= 15 is 0 Å². The predicted octanol–water partition coefficient (Wildman–Crippen LogP) is 2.99. The highest BCUT2D eigenvalue weighted by molar-refractivity contribution is 5.40. The summed E-state index contributed by atoms with van der Waals surface area (Å²) < 4.78 is 16.4. The minimum atomic E-state index is 0.451. The summed E-state index contributed by atoms with van der Waals surface area (Å²) in [6.07, 6.45) is 0. The molecule has 0 fully saturated rings. The molecule has 1 N–H and O–H groups in total. The number of hydrogen-bond acceptors (Lipinski definition) is 5. The normalized spacial score (nSPS) is 10.7. The Labute approximate surface area is 125 Å². The standard InChI is InChI=1S/C16H22N2O3/c1-5-17-9-13-8-14(19-4)6-7-16(13)20-10-15-11(2)18-21-12(15)3/h6-8,17H,5,9-10H2,1-4H3. The quantitative estimate of drug-likeness (QED) is 0.849. The fourth-order valence-electron chi connectivity index (χ4n) is 2.08. The van der Waals surface area contributed by atoms with Crippen LogP contribution in [0.5, 0.6) is 11.5 Å². The second-order valence-corrected chi connectivity index (χ2v) is 4.85. The monoisotopic (exact) mass is 290 g/mol. The molecule has 0 atom stereocenters. The van der Waals surface area contributed by atoms with Gasteiger partial charge in [0.05, 0.1) is 18.4 Å². The van der Waals surface area contributed by atoms with Crippen LogP contribution in [0.15, 0.2) is 22.7 Å². The number of benzene rings is 1. The maximum Gasteiger partial charge on any atom is 0.140 e. The van der Waals surface area contributed by atoms with E-state index in [4.69, 9.17) is 14.0 Å². The van der Waals surface area contributed by atoms with Gasteiger partial charge >= 0.3 is 0 Å². The Hall–Kier alpha value is -2.01. The van der Waals surface area contributed by atoms with Crippen LogP contribution >= 0.6 is 0 Å². The smallest absolute Gasteiger partial charge is 0.140 e. The van der Waals surface area contributed by atoms with E-state index in [1.807, 2.05) is 32.0 Å². The van der Waals surface area contributed by atoms with Crippen molar-refractivity contribution in [1.82, 2.24) is 10.5 Å². The highest BCUT2D eigenvalue weighted by Gasteiger charge is 2.11. The maximum atomic E-state index is 5.94. The van der Waals surface area contributed by atoms with Gasteiger partial charge in [0.1, 0.15) is 23.9 Å². The van der Waals surface area contributed by atoms with Crippen LogP contribution in [0.4, 0.5) is 0 Å². The zero-order valence-electron chi connectivity index (χ0n) is 13.0. The number of aromatic nitrogens is 1. The molecule has 0 unspecified atom stereocenters. The maximum absolute atomic E-state index is 5.94. The summed E-state index contributed by atoms with van der Waals surface area (Å²) >= 11 is 0. The molecule has 2 rings (SSSR count). The second kappa shape index (κ2) is 7.13. The third kappa shape index (κ3) is 3.76. The number of nitrogens with zero attached hydrogens (tertiary/aromatic N) is 1. The lowest BCUT2D eigenvalue weighted by Gasteiger charge is -2.13. The van der Waals surface area contributed by atoms with Crippen LogP contribution in [0.3, 0.4) is 0 Å². The molecule has 1 aromatic carbocycles. The molecular formula is C16H22N2O3. The van der Waals surface area contributed by atoms with Crippen molar-refractivity contribution in [3.05, 3.63) is 40.8 Å². The molecule has 0 aliphatic carbocycles. The fourth-order valence-corrected chi connectivity index (χ4v) is 2.08. The lowest BCUT2D eigenvalue weighted by molar-refractivity contribution is 0.297. The van der Waals surface area contributed by atoms with Crippen LogP contribution in [0.1, 0.15) is 29.5 Å². The predicted molar refractivity (Wildman–Crippen MR) is 80.7 cm³/mol. The lowest BCUT2D eigenvalue weighted by atomic mass is 10.1. The number of rotatable bonds is 7. The number of nitrogens with one attached hydrogen (secondary N) is 1. The molecule has 1 heterocycles. The molecule has 0 spiro atoms. The summed E-state index contributed by atoms with van der Waals surface area (Å²) in [6, 6.07) is 5.83. The van der Waals surface area contributed by atoms with E-state index in [9.17, 15) is 0 Å². The van der Waals surface area contributed by atoms with Gasteiger partial charge in [0.2, 0.25) is 0 Å². The highest BCUT2D eigenvalue weighted by Crippen LogP contribution is 2.26. The largest absolute Gasteiger partial charge is 0.497 e. The van der Waals surface area contributed by atoms with E-state index in [0.29, 0.717) is 6.61 Å². The van der Waals surface area contributed by atoms with E-state index in [-0.39, 0.29) is 0 Å². The van der Waals surface area contributed by atoms with Crippen LogP contribution in [0.2, 0.25) is 0 Å². The summed E-state index contributed by atoms with van der Waals surface area (Å²) in [5.41, 5.74) is 2.94. The van der Waals surface area contributed by atoms with Gasteiger partial charge < -0.3 is 19.3 Å². The number of hydrogen-bond donors (Lipinski definition) is 1. The van der Waals surface area contributed by atoms with Crippen molar-refractivity contribution in [1.29, 1.82) is 0 Å². The Balaban J connectivity index is 2.14. The first-order valence-corrected chi connectivity index (χ1v) is 7.07.